The van der Waals surface area contributed by atoms with E-state index in [1.807, 2.05) is 35.9 Å². The molecule has 1 aliphatic rings. The van der Waals surface area contributed by atoms with Gasteiger partial charge in [-0.05, 0) is 42.8 Å². The summed E-state index contributed by atoms with van der Waals surface area (Å²) in [6.07, 6.45) is 4.30. The fourth-order valence-corrected chi connectivity index (χ4v) is 3.69. The Balaban J connectivity index is 1.44. The van der Waals surface area contributed by atoms with Crippen molar-refractivity contribution >= 4 is 11.8 Å². The highest BCUT2D eigenvalue weighted by Crippen LogP contribution is 2.17. The molecule has 1 aliphatic heterocycles. The van der Waals surface area contributed by atoms with E-state index < -0.39 is 0 Å². The van der Waals surface area contributed by atoms with Gasteiger partial charge in [0.15, 0.2) is 11.5 Å². The number of carbonyl (C=O) groups is 2. The topological polar surface area (TPSA) is 81.1 Å². The van der Waals surface area contributed by atoms with Crippen molar-refractivity contribution in [3.8, 4) is 0 Å². The third-order valence-corrected chi connectivity index (χ3v) is 5.29. The Kier molecular flexibility index (Phi) is 6.57. The first-order chi connectivity index (χ1) is 15.2. The molecule has 0 aromatic carbocycles. The zero-order valence-electron chi connectivity index (χ0n) is 17.7. The Morgan fingerprint density at radius 3 is 2.65 bits per heavy atom. The van der Waals surface area contributed by atoms with Crippen LogP contribution in [0.3, 0.4) is 0 Å². The molecule has 2 amide bonds. The molecule has 8 nitrogen and oxygen atoms in total. The molecule has 4 heterocycles. The number of morpholine rings is 1. The summed E-state index contributed by atoms with van der Waals surface area (Å²) in [4.78, 5) is 28.9. The predicted molar refractivity (Wildman–Crippen MR) is 113 cm³/mol. The monoisotopic (exact) mass is 425 g/mol. The number of nitrogens with zero attached hydrogens (tertiary/aromatic N) is 3. The van der Waals surface area contributed by atoms with E-state index >= 15 is 0 Å². The largest absolute Gasteiger partial charge is 0.459 e. The van der Waals surface area contributed by atoms with Crippen molar-refractivity contribution in [1.29, 1.82) is 0 Å². The first-order valence-electron chi connectivity index (χ1n) is 10.6. The number of rotatable bonds is 8. The summed E-state index contributed by atoms with van der Waals surface area (Å²) in [5.41, 5.74) is 0.978. The number of carbonyl (C=O) groups excluding carboxylic acids is 2. The lowest BCUT2D eigenvalue weighted by Crippen LogP contribution is -2.40. The number of hydrogen-bond acceptors (Lipinski definition) is 5. The molecule has 3 aromatic rings. The molecule has 3 aromatic heterocycles. The lowest BCUT2D eigenvalue weighted by atomic mass is 10.3. The zero-order valence-corrected chi connectivity index (χ0v) is 17.7. The van der Waals surface area contributed by atoms with E-state index in [-0.39, 0.29) is 11.8 Å². The van der Waals surface area contributed by atoms with Crippen molar-refractivity contribution in [3.63, 3.8) is 0 Å². The summed E-state index contributed by atoms with van der Waals surface area (Å²) >= 11 is 0. The van der Waals surface area contributed by atoms with Crippen molar-refractivity contribution in [3.05, 3.63) is 71.8 Å². The maximum atomic E-state index is 12.8. The number of amides is 2. The van der Waals surface area contributed by atoms with Gasteiger partial charge in [0.1, 0.15) is 5.76 Å². The van der Waals surface area contributed by atoms with Gasteiger partial charge in [-0.3, -0.25) is 9.59 Å². The summed E-state index contributed by atoms with van der Waals surface area (Å²) in [6.45, 7) is 5.87. The third kappa shape index (κ3) is 4.91. The second-order valence-corrected chi connectivity index (χ2v) is 7.50. The van der Waals surface area contributed by atoms with Crippen LogP contribution in [-0.2, 0) is 17.8 Å². The molecule has 0 spiro atoms. The van der Waals surface area contributed by atoms with E-state index in [1.54, 1.807) is 28.0 Å². The van der Waals surface area contributed by atoms with Crippen LogP contribution in [0.25, 0.3) is 0 Å². The van der Waals surface area contributed by atoms with Crippen molar-refractivity contribution in [1.82, 2.24) is 14.4 Å². The van der Waals surface area contributed by atoms with Gasteiger partial charge in [-0.1, -0.05) is 6.92 Å². The van der Waals surface area contributed by atoms with Crippen LogP contribution in [0.1, 0.15) is 45.9 Å². The third-order valence-electron chi connectivity index (χ3n) is 5.29. The lowest BCUT2D eigenvalue weighted by Gasteiger charge is -2.25. The summed E-state index contributed by atoms with van der Waals surface area (Å²) in [7, 11) is 0. The highest BCUT2D eigenvalue weighted by molar-refractivity contribution is 5.92. The van der Waals surface area contributed by atoms with E-state index in [9.17, 15) is 9.59 Å². The van der Waals surface area contributed by atoms with E-state index in [4.69, 9.17) is 13.6 Å². The molecule has 0 aliphatic carbocycles. The highest BCUT2D eigenvalue weighted by Gasteiger charge is 2.22. The van der Waals surface area contributed by atoms with Crippen LogP contribution < -0.4 is 0 Å². The van der Waals surface area contributed by atoms with Crippen LogP contribution in [0, 0.1) is 0 Å². The number of furan rings is 2. The SMILES string of the molecule is CCCN(Cc1cccn1Cc1ccc(C(=O)N2CCOCC2)o1)C(=O)c1ccco1. The second kappa shape index (κ2) is 9.70. The summed E-state index contributed by atoms with van der Waals surface area (Å²) < 4.78 is 18.5. The van der Waals surface area contributed by atoms with Gasteiger partial charge in [0.25, 0.3) is 11.8 Å². The molecule has 0 atom stereocenters. The second-order valence-electron chi connectivity index (χ2n) is 7.50. The smallest absolute Gasteiger partial charge is 0.289 e. The molecule has 8 heteroatoms. The van der Waals surface area contributed by atoms with Crippen molar-refractivity contribution in [2.24, 2.45) is 0 Å². The van der Waals surface area contributed by atoms with E-state index in [0.717, 1.165) is 12.1 Å². The molecule has 164 valence electrons. The normalized spacial score (nSPS) is 14.0. The standard InChI is InChI=1S/C23H27N3O5/c1-2-9-26(22(27)20-6-4-13-30-20)16-18-5-3-10-25(18)17-19-7-8-21(31-19)23(28)24-11-14-29-15-12-24/h3-8,10,13H,2,9,11-12,14-17H2,1H3. The molecule has 0 radical (unpaired) electrons. The van der Waals surface area contributed by atoms with Gasteiger partial charge in [-0.15, -0.1) is 0 Å². The van der Waals surface area contributed by atoms with Crippen LogP contribution in [0.15, 0.2) is 57.7 Å². The summed E-state index contributed by atoms with van der Waals surface area (Å²) in [6, 6.07) is 10.9. The minimum Gasteiger partial charge on any atom is -0.459 e. The zero-order chi connectivity index (χ0) is 21.6. The van der Waals surface area contributed by atoms with Gasteiger partial charge in [0.05, 0.1) is 32.6 Å². The Morgan fingerprint density at radius 2 is 1.90 bits per heavy atom. The van der Waals surface area contributed by atoms with Crippen LogP contribution in [-0.4, -0.2) is 59.0 Å². The maximum Gasteiger partial charge on any atom is 0.289 e. The van der Waals surface area contributed by atoms with Crippen LogP contribution in [0.2, 0.25) is 0 Å². The van der Waals surface area contributed by atoms with Gasteiger partial charge < -0.3 is 27.9 Å². The fraction of sp³-hybridized carbons (Fsp3) is 0.391. The Labute approximate surface area is 181 Å². The molecule has 4 rings (SSSR count). The van der Waals surface area contributed by atoms with Crippen LogP contribution in [0.4, 0.5) is 0 Å². The molecular weight excluding hydrogens is 398 g/mol. The molecule has 1 saturated heterocycles. The number of ether oxygens (including phenoxy) is 1. The average molecular weight is 425 g/mol. The molecular formula is C23H27N3O5. The first-order valence-corrected chi connectivity index (χ1v) is 10.6. The number of aromatic nitrogens is 1. The van der Waals surface area contributed by atoms with Crippen LogP contribution in [0.5, 0.6) is 0 Å². The van der Waals surface area contributed by atoms with Gasteiger partial charge >= 0.3 is 0 Å². The minimum atomic E-state index is -0.129. The first kappa shape index (κ1) is 21.0. The predicted octanol–water partition coefficient (Wildman–Crippen LogP) is 3.25. The molecule has 1 fully saturated rings. The van der Waals surface area contributed by atoms with Crippen LogP contribution >= 0.6 is 0 Å². The van der Waals surface area contributed by atoms with Crippen molar-refractivity contribution < 1.29 is 23.2 Å². The van der Waals surface area contributed by atoms with Gasteiger partial charge in [-0.25, -0.2) is 0 Å². The fourth-order valence-electron chi connectivity index (χ4n) is 3.69. The molecule has 0 unspecified atom stereocenters. The van der Waals surface area contributed by atoms with Gasteiger partial charge in [-0.2, -0.15) is 0 Å². The average Bonchev–Trinajstić information content (AvgIpc) is 3.56. The molecule has 0 bridgehead atoms. The lowest BCUT2D eigenvalue weighted by molar-refractivity contribution is 0.0281. The highest BCUT2D eigenvalue weighted by atomic mass is 16.5. The molecule has 0 N–H and O–H groups in total. The Bertz CT molecular complexity index is 998. The Morgan fingerprint density at radius 1 is 1.06 bits per heavy atom. The quantitative estimate of drug-likeness (QED) is 0.553. The van der Waals surface area contributed by atoms with Gasteiger partial charge in [0, 0.05) is 31.5 Å². The van der Waals surface area contributed by atoms with E-state index in [0.29, 0.717) is 63.2 Å². The van der Waals surface area contributed by atoms with E-state index in [1.165, 1.54) is 6.26 Å². The number of hydrogen-bond donors (Lipinski definition) is 0. The minimum absolute atomic E-state index is 0.111. The van der Waals surface area contributed by atoms with E-state index in [2.05, 4.69) is 0 Å². The van der Waals surface area contributed by atoms with Crippen molar-refractivity contribution in [2.45, 2.75) is 26.4 Å². The molecule has 0 saturated carbocycles. The summed E-state index contributed by atoms with van der Waals surface area (Å²) in [5.74, 6) is 1.12. The Hall–Kier alpha value is -3.26. The maximum absolute atomic E-state index is 12.8. The van der Waals surface area contributed by atoms with Gasteiger partial charge in [0.2, 0.25) is 0 Å². The molecule has 31 heavy (non-hydrogen) atoms. The summed E-state index contributed by atoms with van der Waals surface area (Å²) in [5, 5.41) is 0. The van der Waals surface area contributed by atoms with Crippen molar-refractivity contribution in [2.75, 3.05) is 32.8 Å².